The lowest BCUT2D eigenvalue weighted by Gasteiger charge is -2.13. The van der Waals surface area contributed by atoms with Crippen molar-refractivity contribution in [1.82, 2.24) is 10.7 Å². The molecule has 3 amide bonds. The Kier molecular flexibility index (Phi) is 9.60. The summed E-state index contributed by atoms with van der Waals surface area (Å²) in [6.07, 6.45) is 1.35. The van der Waals surface area contributed by atoms with Crippen LogP contribution in [0.3, 0.4) is 0 Å². The second-order valence-corrected chi connectivity index (χ2v) is 7.78. The van der Waals surface area contributed by atoms with Gasteiger partial charge in [0.1, 0.15) is 5.75 Å². The van der Waals surface area contributed by atoms with E-state index in [1.807, 2.05) is 30.3 Å². The van der Waals surface area contributed by atoms with Crippen molar-refractivity contribution in [3.63, 3.8) is 0 Å². The van der Waals surface area contributed by atoms with Gasteiger partial charge >= 0.3 is 11.8 Å². The van der Waals surface area contributed by atoms with E-state index in [0.717, 1.165) is 5.56 Å². The lowest BCUT2D eigenvalue weighted by molar-refractivity contribution is -0.139. The second kappa shape index (κ2) is 13.3. The lowest BCUT2D eigenvalue weighted by Crippen LogP contribution is -2.39. The number of hydrogen-bond donors (Lipinski definition) is 3. The smallest absolute Gasteiger partial charge is 0.329 e. The van der Waals surface area contributed by atoms with Crippen LogP contribution in [-0.2, 0) is 14.4 Å². The molecule has 0 radical (unpaired) electrons. The molecule has 10 heteroatoms. The molecule has 10 nitrogen and oxygen atoms in total. The molecule has 3 N–H and O–H groups in total. The van der Waals surface area contributed by atoms with E-state index in [-0.39, 0.29) is 18.6 Å². The van der Waals surface area contributed by atoms with E-state index in [2.05, 4.69) is 21.2 Å². The van der Waals surface area contributed by atoms with Crippen LogP contribution in [-0.4, -0.2) is 44.8 Å². The van der Waals surface area contributed by atoms with Gasteiger partial charge in [0.25, 0.3) is 5.91 Å². The van der Waals surface area contributed by atoms with Gasteiger partial charge in [0, 0.05) is 11.8 Å². The highest BCUT2D eigenvalue weighted by atomic mass is 16.5. The van der Waals surface area contributed by atoms with Gasteiger partial charge in [0.2, 0.25) is 0 Å². The van der Waals surface area contributed by atoms with E-state index in [1.54, 1.807) is 56.5 Å². The summed E-state index contributed by atoms with van der Waals surface area (Å²) in [6.45, 7) is 1.54. The van der Waals surface area contributed by atoms with E-state index in [1.165, 1.54) is 13.3 Å². The van der Waals surface area contributed by atoms with Gasteiger partial charge in [-0.25, -0.2) is 5.43 Å². The third-order valence-corrected chi connectivity index (χ3v) is 5.13. The standard InChI is InChI=1S/C27H28N4O6/c1-18(20-8-5-4-6-9-20)29-26(33)27(34)31-28-16-19-12-13-23(24(14-19)36-3)37-17-25(32)30-21-10-7-11-22(15-21)35-2/h4-16,18H,17H2,1-3H3,(H,29,33)(H,30,32)(H,31,34)/b28-16-/t18-/m0/s1. The zero-order valence-corrected chi connectivity index (χ0v) is 20.7. The third kappa shape index (κ3) is 8.10. The van der Waals surface area contributed by atoms with E-state index < -0.39 is 11.8 Å². The van der Waals surface area contributed by atoms with Crippen LogP contribution < -0.4 is 30.3 Å². The number of benzene rings is 3. The highest BCUT2D eigenvalue weighted by Crippen LogP contribution is 2.27. The average Bonchev–Trinajstić information content (AvgIpc) is 2.92. The quantitative estimate of drug-likeness (QED) is 0.221. The Hall–Kier alpha value is -4.86. The number of amides is 3. The van der Waals surface area contributed by atoms with Crippen molar-refractivity contribution in [2.24, 2.45) is 5.10 Å². The molecule has 1 atom stereocenters. The van der Waals surface area contributed by atoms with Crippen LogP contribution in [0.2, 0.25) is 0 Å². The van der Waals surface area contributed by atoms with Crippen molar-refractivity contribution >= 4 is 29.6 Å². The SMILES string of the molecule is COc1cccc(NC(=O)COc2ccc(/C=N\NC(=O)C(=O)N[C@@H](C)c3ccccc3)cc2OC)c1. The Morgan fingerprint density at radius 2 is 1.68 bits per heavy atom. The molecule has 0 aromatic heterocycles. The molecular formula is C27H28N4O6. The highest BCUT2D eigenvalue weighted by molar-refractivity contribution is 6.35. The summed E-state index contributed by atoms with van der Waals surface area (Å²) >= 11 is 0. The van der Waals surface area contributed by atoms with Crippen LogP contribution in [0.5, 0.6) is 17.2 Å². The number of carbonyl (C=O) groups excluding carboxylic acids is 3. The second-order valence-electron chi connectivity index (χ2n) is 7.78. The molecule has 0 fully saturated rings. The Labute approximate surface area is 214 Å². The molecule has 3 aromatic carbocycles. The van der Waals surface area contributed by atoms with Gasteiger partial charge in [-0.2, -0.15) is 5.10 Å². The minimum atomic E-state index is -0.895. The van der Waals surface area contributed by atoms with Crippen molar-refractivity contribution in [1.29, 1.82) is 0 Å². The maximum atomic E-state index is 12.2. The predicted octanol–water partition coefficient (Wildman–Crippen LogP) is 3.05. The number of hydrazone groups is 1. The maximum absolute atomic E-state index is 12.2. The van der Waals surface area contributed by atoms with Crippen LogP contribution in [0.4, 0.5) is 5.69 Å². The molecule has 192 valence electrons. The van der Waals surface area contributed by atoms with Gasteiger partial charge in [-0.3, -0.25) is 14.4 Å². The van der Waals surface area contributed by atoms with Gasteiger partial charge in [-0.05, 0) is 48.4 Å². The molecule has 0 saturated heterocycles. The first-order valence-corrected chi connectivity index (χ1v) is 11.3. The van der Waals surface area contributed by atoms with Gasteiger partial charge in [-0.15, -0.1) is 0 Å². The third-order valence-electron chi connectivity index (χ3n) is 5.13. The van der Waals surface area contributed by atoms with E-state index in [4.69, 9.17) is 14.2 Å². The van der Waals surface area contributed by atoms with Crippen LogP contribution in [0.1, 0.15) is 24.1 Å². The Balaban J connectivity index is 1.51. The van der Waals surface area contributed by atoms with Gasteiger partial charge in [0.15, 0.2) is 18.1 Å². The molecule has 3 rings (SSSR count). The zero-order chi connectivity index (χ0) is 26.6. The van der Waals surface area contributed by atoms with E-state index in [0.29, 0.717) is 28.5 Å². The molecule has 0 aliphatic rings. The number of nitrogens with one attached hydrogen (secondary N) is 3. The first-order valence-electron chi connectivity index (χ1n) is 11.3. The van der Waals surface area contributed by atoms with Crippen molar-refractivity contribution in [3.8, 4) is 17.2 Å². The number of carbonyl (C=O) groups is 3. The summed E-state index contributed by atoms with van der Waals surface area (Å²) in [4.78, 5) is 36.4. The van der Waals surface area contributed by atoms with E-state index >= 15 is 0 Å². The fourth-order valence-corrected chi connectivity index (χ4v) is 3.23. The molecule has 0 heterocycles. The normalized spacial score (nSPS) is 11.3. The van der Waals surface area contributed by atoms with Crippen LogP contribution in [0.25, 0.3) is 0 Å². The summed E-state index contributed by atoms with van der Waals surface area (Å²) in [5, 5.41) is 9.17. The Morgan fingerprint density at radius 3 is 2.41 bits per heavy atom. The van der Waals surface area contributed by atoms with E-state index in [9.17, 15) is 14.4 Å². The summed E-state index contributed by atoms with van der Waals surface area (Å²) < 4.78 is 16.1. The number of hydrogen-bond acceptors (Lipinski definition) is 7. The monoisotopic (exact) mass is 504 g/mol. The average molecular weight is 505 g/mol. The number of methoxy groups -OCH3 is 2. The van der Waals surface area contributed by atoms with Crippen molar-refractivity contribution in [2.45, 2.75) is 13.0 Å². The number of anilines is 1. The zero-order valence-electron chi connectivity index (χ0n) is 20.7. The van der Waals surface area contributed by atoms with Crippen LogP contribution in [0.15, 0.2) is 77.9 Å². The summed E-state index contributed by atoms with van der Waals surface area (Å²) in [7, 11) is 3.00. The topological polar surface area (TPSA) is 127 Å². The first kappa shape index (κ1) is 26.7. The number of nitrogens with zero attached hydrogens (tertiary/aromatic N) is 1. The summed E-state index contributed by atoms with van der Waals surface area (Å²) in [5.41, 5.74) is 4.22. The fourth-order valence-electron chi connectivity index (χ4n) is 3.23. The minimum Gasteiger partial charge on any atom is -0.497 e. The summed E-state index contributed by atoms with van der Waals surface area (Å²) in [5.74, 6) is -0.729. The van der Waals surface area contributed by atoms with Crippen molar-refractivity contribution in [2.75, 3.05) is 26.1 Å². The molecule has 0 bridgehead atoms. The molecule has 0 saturated carbocycles. The molecule has 3 aromatic rings. The summed E-state index contributed by atoms with van der Waals surface area (Å²) in [6, 6.07) is 20.8. The van der Waals surface area contributed by atoms with Crippen molar-refractivity contribution < 1.29 is 28.6 Å². The minimum absolute atomic E-state index is 0.242. The Morgan fingerprint density at radius 1 is 0.892 bits per heavy atom. The number of rotatable bonds is 10. The molecule has 37 heavy (non-hydrogen) atoms. The molecule has 0 spiro atoms. The fraction of sp³-hybridized carbons (Fsp3) is 0.185. The predicted molar refractivity (Wildman–Crippen MR) is 139 cm³/mol. The Bertz CT molecular complexity index is 1260. The number of ether oxygens (including phenoxy) is 3. The van der Waals surface area contributed by atoms with Crippen LogP contribution >= 0.6 is 0 Å². The van der Waals surface area contributed by atoms with Gasteiger partial charge < -0.3 is 24.8 Å². The molecule has 0 aliphatic heterocycles. The highest BCUT2D eigenvalue weighted by Gasteiger charge is 2.16. The lowest BCUT2D eigenvalue weighted by atomic mass is 10.1. The van der Waals surface area contributed by atoms with Gasteiger partial charge in [0.05, 0.1) is 26.5 Å². The maximum Gasteiger partial charge on any atom is 0.329 e. The molecule has 0 aliphatic carbocycles. The van der Waals surface area contributed by atoms with Crippen LogP contribution in [0, 0.1) is 0 Å². The first-order chi connectivity index (χ1) is 17.9. The molecular weight excluding hydrogens is 476 g/mol. The molecule has 0 unspecified atom stereocenters. The largest absolute Gasteiger partial charge is 0.497 e. The van der Waals surface area contributed by atoms with Crippen molar-refractivity contribution in [3.05, 3.63) is 83.9 Å². The van der Waals surface area contributed by atoms with Gasteiger partial charge in [-0.1, -0.05) is 36.4 Å².